The van der Waals surface area contributed by atoms with Gasteiger partial charge in [0.15, 0.2) is 9.84 Å². The molecule has 106 valence electrons. The van der Waals surface area contributed by atoms with E-state index in [9.17, 15) is 8.42 Å². The van der Waals surface area contributed by atoms with Gasteiger partial charge in [-0.05, 0) is 31.0 Å². The molecule has 0 bridgehead atoms. The van der Waals surface area contributed by atoms with E-state index in [-0.39, 0.29) is 23.7 Å². The summed E-state index contributed by atoms with van der Waals surface area (Å²) in [5.74, 6) is 0.0918. The molecule has 2 atom stereocenters. The predicted octanol–water partition coefficient (Wildman–Crippen LogP) is 1.32. The Balaban J connectivity index is 2.29. The van der Waals surface area contributed by atoms with E-state index in [0.717, 1.165) is 12.0 Å². The van der Waals surface area contributed by atoms with Crippen molar-refractivity contribution in [2.24, 2.45) is 0 Å². The van der Waals surface area contributed by atoms with E-state index in [4.69, 9.17) is 4.74 Å². The lowest BCUT2D eigenvalue weighted by molar-refractivity contribution is 0.216. The Kier molecular flexibility index (Phi) is 4.60. The van der Waals surface area contributed by atoms with Crippen molar-refractivity contribution >= 4 is 9.84 Å². The Morgan fingerprint density at radius 2 is 2.11 bits per heavy atom. The molecule has 1 aromatic rings. The van der Waals surface area contributed by atoms with Crippen LogP contribution in [0.3, 0.4) is 0 Å². The summed E-state index contributed by atoms with van der Waals surface area (Å²) in [4.78, 5) is 0. The molecule has 0 fully saturated rings. The van der Waals surface area contributed by atoms with Crippen LogP contribution in [0.15, 0.2) is 24.3 Å². The Labute approximate surface area is 115 Å². The third-order valence-electron chi connectivity index (χ3n) is 3.80. The van der Waals surface area contributed by atoms with Crippen molar-refractivity contribution in [3.8, 4) is 0 Å². The molecular weight excluding hydrogens is 262 g/mol. The maximum absolute atomic E-state index is 12.4. The molecule has 0 spiro atoms. The van der Waals surface area contributed by atoms with Crippen LogP contribution in [0.25, 0.3) is 0 Å². The van der Waals surface area contributed by atoms with E-state index in [2.05, 4.69) is 11.4 Å². The molecule has 1 N–H and O–H groups in total. The van der Waals surface area contributed by atoms with Gasteiger partial charge in [-0.25, -0.2) is 8.42 Å². The van der Waals surface area contributed by atoms with Gasteiger partial charge in [0.25, 0.3) is 0 Å². The lowest BCUT2D eigenvalue weighted by Crippen LogP contribution is -2.41. The summed E-state index contributed by atoms with van der Waals surface area (Å²) < 4.78 is 29.7. The molecule has 0 heterocycles. The SMILES string of the molecule is CNC1c2ccccc2CCC1S(=O)(=O)CCOC. The lowest BCUT2D eigenvalue weighted by atomic mass is 9.87. The molecule has 19 heavy (non-hydrogen) atoms. The topological polar surface area (TPSA) is 55.4 Å². The molecule has 0 saturated carbocycles. The fraction of sp³-hybridized carbons (Fsp3) is 0.571. The third kappa shape index (κ3) is 2.99. The number of methoxy groups -OCH3 is 1. The second-order valence-corrected chi connectivity index (χ2v) is 7.24. The molecule has 0 aliphatic heterocycles. The summed E-state index contributed by atoms with van der Waals surface area (Å²) in [6, 6.07) is 7.96. The predicted molar refractivity (Wildman–Crippen MR) is 76.0 cm³/mol. The number of sulfone groups is 1. The van der Waals surface area contributed by atoms with E-state index in [1.54, 1.807) is 0 Å². The van der Waals surface area contributed by atoms with Crippen molar-refractivity contribution in [2.75, 3.05) is 26.5 Å². The van der Waals surface area contributed by atoms with E-state index in [1.165, 1.54) is 12.7 Å². The molecule has 0 aromatic heterocycles. The van der Waals surface area contributed by atoms with Gasteiger partial charge in [0, 0.05) is 13.2 Å². The van der Waals surface area contributed by atoms with Gasteiger partial charge in [-0.2, -0.15) is 0 Å². The van der Waals surface area contributed by atoms with Crippen LogP contribution >= 0.6 is 0 Å². The average molecular weight is 283 g/mol. The van der Waals surface area contributed by atoms with Gasteiger partial charge >= 0.3 is 0 Å². The zero-order valence-corrected chi connectivity index (χ0v) is 12.2. The van der Waals surface area contributed by atoms with Crippen LogP contribution in [0.5, 0.6) is 0 Å². The van der Waals surface area contributed by atoms with E-state index < -0.39 is 9.84 Å². The summed E-state index contributed by atoms with van der Waals surface area (Å²) in [7, 11) is 0.217. The minimum Gasteiger partial charge on any atom is -0.384 e. The van der Waals surface area contributed by atoms with Gasteiger partial charge in [-0.1, -0.05) is 24.3 Å². The smallest absolute Gasteiger partial charge is 0.157 e. The van der Waals surface area contributed by atoms with E-state index >= 15 is 0 Å². The number of hydrogen-bond donors (Lipinski definition) is 1. The van der Waals surface area contributed by atoms with Crippen LogP contribution in [-0.4, -0.2) is 40.2 Å². The summed E-state index contributed by atoms with van der Waals surface area (Å²) in [5.41, 5.74) is 2.36. The van der Waals surface area contributed by atoms with Crippen molar-refractivity contribution in [2.45, 2.75) is 24.1 Å². The van der Waals surface area contributed by atoms with Gasteiger partial charge < -0.3 is 10.1 Å². The fourth-order valence-electron chi connectivity index (χ4n) is 2.81. The standard InChI is InChI=1S/C14H21NO3S/c1-15-14-12-6-4-3-5-11(12)7-8-13(14)19(16,17)10-9-18-2/h3-6,13-15H,7-10H2,1-2H3. The van der Waals surface area contributed by atoms with Crippen molar-refractivity contribution in [3.05, 3.63) is 35.4 Å². The number of benzene rings is 1. The highest BCUT2D eigenvalue weighted by molar-refractivity contribution is 7.92. The molecular formula is C14H21NO3S. The maximum atomic E-state index is 12.4. The zero-order valence-electron chi connectivity index (χ0n) is 11.4. The quantitative estimate of drug-likeness (QED) is 0.885. The van der Waals surface area contributed by atoms with Gasteiger partial charge in [0.2, 0.25) is 0 Å². The number of fused-ring (bicyclic) bond motifs is 1. The van der Waals surface area contributed by atoms with Crippen molar-refractivity contribution in [1.29, 1.82) is 0 Å². The molecule has 1 aliphatic rings. The first-order valence-electron chi connectivity index (χ1n) is 6.55. The largest absolute Gasteiger partial charge is 0.384 e. The Bertz CT molecular complexity index is 527. The number of aryl methyl sites for hydroxylation is 1. The van der Waals surface area contributed by atoms with E-state index in [0.29, 0.717) is 6.42 Å². The van der Waals surface area contributed by atoms with Gasteiger partial charge in [0.05, 0.1) is 17.6 Å². The van der Waals surface area contributed by atoms with Gasteiger partial charge in [0.1, 0.15) is 0 Å². The highest BCUT2D eigenvalue weighted by Crippen LogP contribution is 2.33. The lowest BCUT2D eigenvalue weighted by Gasteiger charge is -2.33. The summed E-state index contributed by atoms with van der Waals surface area (Å²) in [6.07, 6.45) is 1.50. The van der Waals surface area contributed by atoms with Crippen molar-refractivity contribution in [3.63, 3.8) is 0 Å². The summed E-state index contributed by atoms with van der Waals surface area (Å²) in [6.45, 7) is 0.261. The van der Waals surface area contributed by atoms with Crippen LogP contribution in [0.1, 0.15) is 23.6 Å². The Morgan fingerprint density at radius 3 is 2.79 bits per heavy atom. The van der Waals surface area contributed by atoms with Crippen molar-refractivity contribution < 1.29 is 13.2 Å². The first-order valence-corrected chi connectivity index (χ1v) is 8.27. The molecule has 5 heteroatoms. The third-order valence-corrected chi connectivity index (χ3v) is 5.97. The molecule has 1 aromatic carbocycles. The molecule has 4 nitrogen and oxygen atoms in total. The zero-order chi connectivity index (χ0) is 13.9. The Morgan fingerprint density at radius 1 is 1.37 bits per heavy atom. The first kappa shape index (κ1) is 14.5. The molecule has 0 amide bonds. The van der Waals surface area contributed by atoms with E-state index in [1.807, 2.05) is 25.2 Å². The van der Waals surface area contributed by atoms with Crippen molar-refractivity contribution in [1.82, 2.24) is 5.32 Å². The van der Waals surface area contributed by atoms with Gasteiger partial charge in [-0.3, -0.25) is 0 Å². The molecule has 0 saturated heterocycles. The molecule has 2 unspecified atom stereocenters. The molecule has 2 rings (SSSR count). The number of rotatable bonds is 5. The number of nitrogens with one attached hydrogen (secondary N) is 1. The fourth-order valence-corrected chi connectivity index (χ4v) is 4.69. The number of hydrogen-bond acceptors (Lipinski definition) is 4. The minimum absolute atomic E-state index is 0.0918. The van der Waals surface area contributed by atoms with Crippen LogP contribution in [0.4, 0.5) is 0 Å². The Hall–Kier alpha value is -0.910. The summed E-state index contributed by atoms with van der Waals surface area (Å²) >= 11 is 0. The highest BCUT2D eigenvalue weighted by Gasteiger charge is 2.36. The van der Waals surface area contributed by atoms with Crippen LogP contribution in [0.2, 0.25) is 0 Å². The van der Waals surface area contributed by atoms with Crippen LogP contribution < -0.4 is 5.32 Å². The molecule has 0 radical (unpaired) electrons. The normalized spacial score (nSPS) is 23.1. The second-order valence-electron chi connectivity index (χ2n) is 4.90. The highest BCUT2D eigenvalue weighted by atomic mass is 32.2. The second kappa shape index (κ2) is 6.03. The number of ether oxygens (including phenoxy) is 1. The monoisotopic (exact) mass is 283 g/mol. The average Bonchev–Trinajstić information content (AvgIpc) is 2.43. The first-order chi connectivity index (χ1) is 9.10. The summed E-state index contributed by atoms with van der Waals surface area (Å²) in [5, 5.41) is 2.81. The van der Waals surface area contributed by atoms with Crippen LogP contribution in [-0.2, 0) is 21.0 Å². The minimum atomic E-state index is -3.14. The van der Waals surface area contributed by atoms with Gasteiger partial charge in [-0.15, -0.1) is 0 Å². The maximum Gasteiger partial charge on any atom is 0.157 e. The molecule has 1 aliphatic carbocycles. The van der Waals surface area contributed by atoms with Crippen LogP contribution in [0, 0.1) is 0 Å².